The molecule has 1 amide bonds. The fraction of sp³-hybridized carbons (Fsp3) is 0.667. The van der Waals surface area contributed by atoms with Crippen LogP contribution in [-0.4, -0.2) is 39.3 Å². The van der Waals surface area contributed by atoms with Gasteiger partial charge in [-0.1, -0.05) is 0 Å². The van der Waals surface area contributed by atoms with E-state index in [1.807, 2.05) is 19.9 Å². The van der Waals surface area contributed by atoms with Crippen LogP contribution in [0.5, 0.6) is 0 Å². The number of carbonyl (C=O) groups is 1. The number of alkyl halides is 2. The number of hydrogen-bond donors (Lipinski definition) is 1. The predicted molar refractivity (Wildman–Crippen MR) is 87.4 cm³/mol. The van der Waals surface area contributed by atoms with Gasteiger partial charge in [0.2, 0.25) is 5.91 Å². The van der Waals surface area contributed by atoms with Crippen LogP contribution in [-0.2, 0) is 4.79 Å². The van der Waals surface area contributed by atoms with Crippen LogP contribution in [0.2, 0.25) is 0 Å². The number of nitrogens with one attached hydrogen (secondary N) is 1. The third-order valence-corrected chi connectivity index (χ3v) is 5.10. The van der Waals surface area contributed by atoms with E-state index in [1.165, 1.54) is 0 Å². The average Bonchev–Trinajstić information content (AvgIpc) is 3.08. The number of piperidine rings is 1. The highest BCUT2D eigenvalue weighted by Crippen LogP contribution is 2.53. The van der Waals surface area contributed by atoms with E-state index in [9.17, 15) is 4.79 Å². The van der Waals surface area contributed by atoms with Gasteiger partial charge in [0.05, 0.1) is 5.92 Å². The Balaban J connectivity index is 1.53. The van der Waals surface area contributed by atoms with Crippen LogP contribution < -0.4 is 10.2 Å². The van der Waals surface area contributed by atoms with Crippen LogP contribution in [0.3, 0.4) is 0 Å². The SMILES string of the molecule is Cc1cc(N2CCC(NC(=O)C3CC3(Cl)Cl)CC2)nc(C)n1. The Bertz CT molecular complexity index is 565. The molecule has 1 saturated heterocycles. The molecule has 0 aromatic carbocycles. The molecule has 0 bridgehead atoms. The molecule has 1 N–H and O–H groups in total. The lowest BCUT2D eigenvalue weighted by atomic mass is 10.0. The van der Waals surface area contributed by atoms with E-state index in [1.54, 1.807) is 0 Å². The zero-order valence-corrected chi connectivity index (χ0v) is 14.3. The van der Waals surface area contributed by atoms with E-state index < -0.39 is 4.33 Å². The highest BCUT2D eigenvalue weighted by atomic mass is 35.5. The molecule has 1 aliphatic heterocycles. The second kappa shape index (κ2) is 5.85. The van der Waals surface area contributed by atoms with Gasteiger partial charge >= 0.3 is 0 Å². The normalized spacial score (nSPS) is 24.2. The molecule has 1 aliphatic carbocycles. The van der Waals surface area contributed by atoms with Crippen molar-refractivity contribution in [2.75, 3.05) is 18.0 Å². The van der Waals surface area contributed by atoms with Gasteiger partial charge < -0.3 is 10.2 Å². The van der Waals surface area contributed by atoms with Crippen molar-refractivity contribution >= 4 is 34.9 Å². The van der Waals surface area contributed by atoms with E-state index in [2.05, 4.69) is 20.2 Å². The number of amides is 1. The van der Waals surface area contributed by atoms with Crippen molar-refractivity contribution in [2.45, 2.75) is 43.5 Å². The molecule has 1 aromatic rings. The van der Waals surface area contributed by atoms with Crippen molar-refractivity contribution in [3.63, 3.8) is 0 Å². The first-order valence-electron chi connectivity index (χ1n) is 7.60. The molecule has 2 fully saturated rings. The Morgan fingerprint density at radius 2 is 1.95 bits per heavy atom. The average molecular weight is 343 g/mol. The molecule has 0 spiro atoms. The summed E-state index contributed by atoms with van der Waals surface area (Å²) in [6, 6.07) is 2.20. The van der Waals surface area contributed by atoms with Crippen LogP contribution in [0, 0.1) is 19.8 Å². The topological polar surface area (TPSA) is 58.1 Å². The molecule has 1 atom stereocenters. The van der Waals surface area contributed by atoms with Gasteiger partial charge in [0.25, 0.3) is 0 Å². The molecule has 1 saturated carbocycles. The molecule has 7 heteroatoms. The monoisotopic (exact) mass is 342 g/mol. The van der Waals surface area contributed by atoms with Crippen molar-refractivity contribution in [2.24, 2.45) is 5.92 Å². The minimum atomic E-state index is -0.846. The highest BCUT2D eigenvalue weighted by molar-refractivity contribution is 6.52. The van der Waals surface area contributed by atoms with E-state index in [-0.39, 0.29) is 17.9 Å². The third kappa shape index (κ3) is 3.46. The van der Waals surface area contributed by atoms with E-state index >= 15 is 0 Å². The number of carbonyl (C=O) groups excluding carboxylic acids is 1. The summed E-state index contributed by atoms with van der Waals surface area (Å²) in [5.74, 6) is 1.50. The Morgan fingerprint density at radius 1 is 1.32 bits per heavy atom. The molecule has 5 nitrogen and oxygen atoms in total. The number of anilines is 1. The zero-order chi connectivity index (χ0) is 15.9. The molecule has 120 valence electrons. The predicted octanol–water partition coefficient (Wildman–Crippen LogP) is 2.37. The van der Waals surface area contributed by atoms with Crippen LogP contribution in [0.1, 0.15) is 30.8 Å². The highest BCUT2D eigenvalue weighted by Gasteiger charge is 2.56. The maximum Gasteiger partial charge on any atom is 0.226 e. The Morgan fingerprint density at radius 3 is 2.50 bits per heavy atom. The number of hydrogen-bond acceptors (Lipinski definition) is 4. The molecule has 0 radical (unpaired) electrons. The summed E-state index contributed by atoms with van der Waals surface area (Å²) in [6.45, 7) is 5.63. The second-order valence-corrected chi connectivity index (χ2v) is 7.74. The summed E-state index contributed by atoms with van der Waals surface area (Å²) in [5.41, 5.74) is 0.979. The quantitative estimate of drug-likeness (QED) is 0.856. The summed E-state index contributed by atoms with van der Waals surface area (Å²) < 4.78 is -0.846. The van der Waals surface area contributed by atoms with Crippen molar-refractivity contribution in [1.29, 1.82) is 0 Å². The second-order valence-electron chi connectivity index (χ2n) is 6.20. The van der Waals surface area contributed by atoms with Gasteiger partial charge in [-0.2, -0.15) is 0 Å². The number of rotatable bonds is 3. The smallest absolute Gasteiger partial charge is 0.226 e. The lowest BCUT2D eigenvalue weighted by Gasteiger charge is -2.33. The first kappa shape index (κ1) is 15.8. The molecule has 22 heavy (non-hydrogen) atoms. The van der Waals surface area contributed by atoms with Gasteiger partial charge in [0.1, 0.15) is 16.0 Å². The van der Waals surface area contributed by atoms with E-state index in [0.29, 0.717) is 6.42 Å². The standard InChI is InChI=1S/C15H20Cl2N4O/c1-9-7-13(19-10(2)18-9)21-5-3-11(4-6-21)20-14(22)12-8-15(12,16)17/h7,11-12H,3-6,8H2,1-2H3,(H,20,22). The maximum atomic E-state index is 12.0. The van der Waals surface area contributed by atoms with Gasteiger partial charge in [0, 0.05) is 30.9 Å². The fourth-order valence-corrected chi connectivity index (χ4v) is 3.42. The summed E-state index contributed by atoms with van der Waals surface area (Å²) in [5, 5.41) is 3.06. The largest absolute Gasteiger partial charge is 0.356 e. The molecule has 2 heterocycles. The summed E-state index contributed by atoms with van der Waals surface area (Å²) in [4.78, 5) is 23.1. The van der Waals surface area contributed by atoms with Crippen LogP contribution in [0.25, 0.3) is 0 Å². The number of halogens is 2. The molecular formula is C15H20Cl2N4O. The van der Waals surface area contributed by atoms with Crippen LogP contribution >= 0.6 is 23.2 Å². The summed E-state index contributed by atoms with van der Waals surface area (Å²) in [7, 11) is 0. The van der Waals surface area contributed by atoms with Crippen molar-refractivity contribution < 1.29 is 4.79 Å². The molecule has 2 aliphatic rings. The van der Waals surface area contributed by atoms with E-state index in [0.717, 1.165) is 43.3 Å². The minimum absolute atomic E-state index is 0.0165. The van der Waals surface area contributed by atoms with E-state index in [4.69, 9.17) is 23.2 Å². The summed E-state index contributed by atoms with van der Waals surface area (Å²) in [6.07, 6.45) is 2.36. The van der Waals surface area contributed by atoms with Gasteiger partial charge in [-0.3, -0.25) is 4.79 Å². The first-order valence-corrected chi connectivity index (χ1v) is 8.36. The first-order chi connectivity index (χ1) is 10.3. The summed E-state index contributed by atoms with van der Waals surface area (Å²) >= 11 is 11.9. The third-order valence-electron chi connectivity index (χ3n) is 4.26. The lowest BCUT2D eigenvalue weighted by Crippen LogP contribution is -2.45. The van der Waals surface area contributed by atoms with Crippen LogP contribution in [0.4, 0.5) is 5.82 Å². The van der Waals surface area contributed by atoms with Gasteiger partial charge in [0.15, 0.2) is 0 Å². The van der Waals surface area contributed by atoms with Gasteiger partial charge in [-0.15, -0.1) is 23.2 Å². The number of nitrogens with zero attached hydrogens (tertiary/aromatic N) is 3. The Kier molecular flexibility index (Phi) is 4.21. The van der Waals surface area contributed by atoms with Gasteiger partial charge in [-0.05, 0) is 33.1 Å². The zero-order valence-electron chi connectivity index (χ0n) is 12.8. The minimum Gasteiger partial charge on any atom is -0.356 e. The molecule has 3 rings (SSSR count). The molecule has 1 unspecified atom stereocenters. The Labute approximate surface area is 140 Å². The molecular weight excluding hydrogens is 323 g/mol. The van der Waals surface area contributed by atoms with Gasteiger partial charge in [-0.25, -0.2) is 9.97 Å². The van der Waals surface area contributed by atoms with Crippen molar-refractivity contribution in [3.05, 3.63) is 17.6 Å². The van der Waals surface area contributed by atoms with Crippen molar-refractivity contribution in [3.8, 4) is 0 Å². The fourth-order valence-electron chi connectivity index (χ4n) is 2.91. The van der Waals surface area contributed by atoms with Crippen molar-refractivity contribution in [1.82, 2.24) is 15.3 Å². The Hall–Kier alpha value is -1.07. The van der Waals surface area contributed by atoms with Crippen LogP contribution in [0.15, 0.2) is 6.07 Å². The number of aryl methyl sites for hydroxylation is 2. The number of aromatic nitrogens is 2. The lowest BCUT2D eigenvalue weighted by molar-refractivity contribution is -0.123. The maximum absolute atomic E-state index is 12.0. The molecule has 1 aromatic heterocycles.